The summed E-state index contributed by atoms with van der Waals surface area (Å²) in [4.78, 5) is 0. The molecule has 0 fully saturated rings. The molecule has 16 heavy (non-hydrogen) atoms. The van der Waals surface area contributed by atoms with E-state index in [1.54, 1.807) is 30.3 Å². The molecule has 2 rings (SSSR count). The van der Waals surface area contributed by atoms with Gasteiger partial charge in [-0.1, -0.05) is 23.8 Å². The van der Waals surface area contributed by atoms with Crippen LogP contribution in [0, 0.1) is 6.92 Å². The highest BCUT2D eigenvalue weighted by Crippen LogP contribution is 2.23. The molecule has 0 aliphatic carbocycles. The lowest BCUT2D eigenvalue weighted by atomic mass is 10.1. The molecule has 0 atom stereocenters. The quantitative estimate of drug-likeness (QED) is 0.685. The average Bonchev–Trinajstić information content (AvgIpc) is 2.31. The molecule has 0 aliphatic rings. The Kier molecular flexibility index (Phi) is 2.69. The second-order valence-electron chi connectivity index (χ2n) is 3.69. The van der Waals surface area contributed by atoms with E-state index in [4.69, 9.17) is 0 Å². The first-order chi connectivity index (χ1) is 7.60. The van der Waals surface area contributed by atoms with Crippen molar-refractivity contribution >= 4 is 0 Å². The summed E-state index contributed by atoms with van der Waals surface area (Å²) < 4.78 is 28.9. The molecule has 0 saturated carbocycles. The number of pyridine rings is 1. The van der Waals surface area contributed by atoms with Gasteiger partial charge in [0, 0.05) is 12.1 Å². The van der Waals surface area contributed by atoms with Crippen LogP contribution in [0.2, 0.25) is 0 Å². The zero-order chi connectivity index (χ0) is 11.6. The summed E-state index contributed by atoms with van der Waals surface area (Å²) in [7, 11) is 0. The third-order valence-electron chi connectivity index (χ3n) is 2.44. The molecule has 1 heterocycles. The fourth-order valence-electron chi connectivity index (χ4n) is 1.49. The Hall–Kier alpha value is -1.77. The van der Waals surface area contributed by atoms with Crippen molar-refractivity contribution < 1.29 is 13.3 Å². The Balaban J connectivity index is 2.43. The Morgan fingerprint density at radius 3 is 2.06 bits per heavy atom. The molecule has 0 N–H and O–H groups in total. The maximum absolute atomic E-state index is 14.0. The summed E-state index contributed by atoms with van der Waals surface area (Å²) in [5, 5.41) is 0. The smallest absolute Gasteiger partial charge is 0.137 e. The number of alkyl halides is 2. The van der Waals surface area contributed by atoms with Crippen LogP contribution >= 0.6 is 0 Å². The Labute approximate surface area is 93.0 Å². The van der Waals surface area contributed by atoms with E-state index in [1.807, 2.05) is 6.92 Å². The molecule has 1 nitrogen and oxygen atoms in total. The van der Waals surface area contributed by atoms with Crippen LogP contribution in [-0.2, 0) is 6.05 Å². The van der Waals surface area contributed by atoms with E-state index in [2.05, 4.69) is 0 Å². The number of hydrogen-bond acceptors (Lipinski definition) is 0. The highest BCUT2D eigenvalue weighted by Gasteiger charge is 2.42. The van der Waals surface area contributed by atoms with Crippen molar-refractivity contribution in [3.05, 3.63) is 66.0 Å². The molecule has 0 bridgehead atoms. The minimum absolute atomic E-state index is 0.00528. The van der Waals surface area contributed by atoms with Gasteiger partial charge in [-0.2, -0.15) is 0 Å². The number of hydrogen-bond donors (Lipinski definition) is 0. The highest BCUT2D eigenvalue weighted by atomic mass is 19.3. The van der Waals surface area contributed by atoms with E-state index in [9.17, 15) is 8.78 Å². The fraction of sp³-hybridized carbons (Fsp3) is 0.154. The lowest BCUT2D eigenvalue weighted by Crippen LogP contribution is -2.50. The molecule has 0 spiro atoms. The SMILES string of the molecule is Cc1ccc(C(F)(F)[n+]2ccccc2)cc1. The average molecular weight is 220 g/mol. The summed E-state index contributed by atoms with van der Waals surface area (Å²) in [5.41, 5.74) is 0.965. The normalized spacial score (nSPS) is 11.4. The number of benzene rings is 1. The largest absolute Gasteiger partial charge is 0.489 e. The van der Waals surface area contributed by atoms with Gasteiger partial charge in [-0.25, -0.2) is 0 Å². The molecule has 0 unspecified atom stereocenters. The van der Waals surface area contributed by atoms with Gasteiger partial charge >= 0.3 is 6.05 Å². The van der Waals surface area contributed by atoms with Crippen molar-refractivity contribution in [3.8, 4) is 0 Å². The molecule has 1 aromatic heterocycles. The van der Waals surface area contributed by atoms with Crippen LogP contribution in [0.15, 0.2) is 54.9 Å². The highest BCUT2D eigenvalue weighted by molar-refractivity contribution is 5.23. The van der Waals surface area contributed by atoms with Crippen LogP contribution in [0.25, 0.3) is 0 Å². The lowest BCUT2D eigenvalue weighted by molar-refractivity contribution is -0.811. The molecule has 1 aromatic carbocycles. The van der Waals surface area contributed by atoms with Crippen LogP contribution in [0.4, 0.5) is 8.78 Å². The first-order valence-electron chi connectivity index (χ1n) is 5.02. The van der Waals surface area contributed by atoms with Crippen LogP contribution in [0.3, 0.4) is 0 Å². The van der Waals surface area contributed by atoms with Crippen molar-refractivity contribution in [2.24, 2.45) is 0 Å². The van der Waals surface area contributed by atoms with Gasteiger partial charge in [0.1, 0.15) is 0 Å². The second-order valence-corrected chi connectivity index (χ2v) is 3.69. The van der Waals surface area contributed by atoms with Crippen LogP contribution in [0.1, 0.15) is 11.1 Å². The van der Waals surface area contributed by atoms with E-state index in [0.717, 1.165) is 10.1 Å². The third-order valence-corrected chi connectivity index (χ3v) is 2.44. The summed E-state index contributed by atoms with van der Waals surface area (Å²) >= 11 is 0. The molecule has 0 radical (unpaired) electrons. The zero-order valence-corrected chi connectivity index (χ0v) is 8.90. The van der Waals surface area contributed by atoms with Gasteiger partial charge in [0.25, 0.3) is 0 Å². The van der Waals surface area contributed by atoms with Crippen molar-refractivity contribution in [1.29, 1.82) is 0 Å². The van der Waals surface area contributed by atoms with E-state index in [1.165, 1.54) is 24.5 Å². The topological polar surface area (TPSA) is 3.88 Å². The second kappa shape index (κ2) is 4.00. The Bertz CT molecular complexity index is 463. The number of aromatic nitrogens is 1. The zero-order valence-electron chi connectivity index (χ0n) is 8.90. The number of rotatable bonds is 2. The van der Waals surface area contributed by atoms with E-state index in [-0.39, 0.29) is 5.56 Å². The van der Waals surface area contributed by atoms with E-state index in [0.29, 0.717) is 0 Å². The predicted molar refractivity (Wildman–Crippen MR) is 57.1 cm³/mol. The minimum atomic E-state index is -3.00. The molecule has 2 aromatic rings. The standard InChI is InChI=1S/C13H12F2N/c1-11-5-7-12(8-6-11)13(14,15)16-9-3-2-4-10-16/h2-10H,1H3/q+1. The third kappa shape index (κ3) is 1.94. The van der Waals surface area contributed by atoms with Gasteiger partial charge in [-0.15, -0.1) is 13.3 Å². The van der Waals surface area contributed by atoms with Crippen LogP contribution < -0.4 is 4.57 Å². The number of aryl methyl sites for hydroxylation is 1. The Morgan fingerprint density at radius 1 is 0.938 bits per heavy atom. The summed E-state index contributed by atoms with van der Waals surface area (Å²) in [6.45, 7) is 1.87. The minimum Gasteiger partial charge on any atom is -0.137 e. The van der Waals surface area contributed by atoms with Gasteiger partial charge in [0.05, 0.1) is 5.56 Å². The van der Waals surface area contributed by atoms with Crippen molar-refractivity contribution in [1.82, 2.24) is 0 Å². The van der Waals surface area contributed by atoms with Crippen molar-refractivity contribution in [3.63, 3.8) is 0 Å². The van der Waals surface area contributed by atoms with Crippen molar-refractivity contribution in [2.75, 3.05) is 0 Å². The van der Waals surface area contributed by atoms with Gasteiger partial charge in [0.2, 0.25) is 0 Å². The molecule has 82 valence electrons. The molecule has 0 saturated heterocycles. The molecule has 0 amide bonds. The Morgan fingerprint density at radius 2 is 1.50 bits per heavy atom. The fourth-order valence-corrected chi connectivity index (χ4v) is 1.49. The summed E-state index contributed by atoms with van der Waals surface area (Å²) in [6.07, 6.45) is 2.72. The van der Waals surface area contributed by atoms with Gasteiger partial charge in [-0.3, -0.25) is 0 Å². The van der Waals surface area contributed by atoms with E-state index >= 15 is 0 Å². The summed E-state index contributed by atoms with van der Waals surface area (Å²) in [5.74, 6) is 0. The first-order valence-corrected chi connectivity index (χ1v) is 5.02. The maximum atomic E-state index is 14.0. The molecule has 3 heteroatoms. The first kappa shape index (κ1) is 10.7. The van der Waals surface area contributed by atoms with Gasteiger partial charge < -0.3 is 0 Å². The predicted octanol–water partition coefficient (Wildman–Crippen LogP) is 2.88. The summed E-state index contributed by atoms with van der Waals surface area (Å²) in [6, 6.07) is 8.16. The number of halogens is 2. The van der Waals surface area contributed by atoms with E-state index < -0.39 is 6.05 Å². The van der Waals surface area contributed by atoms with Crippen molar-refractivity contribution in [2.45, 2.75) is 13.0 Å². The van der Waals surface area contributed by atoms with Crippen LogP contribution in [-0.4, -0.2) is 0 Å². The molecule has 0 aliphatic heterocycles. The van der Waals surface area contributed by atoms with Gasteiger partial charge in [0.15, 0.2) is 12.4 Å². The maximum Gasteiger partial charge on any atom is 0.489 e. The monoisotopic (exact) mass is 220 g/mol. The van der Waals surface area contributed by atoms with Crippen LogP contribution in [0.5, 0.6) is 0 Å². The molecular formula is C13H12F2N+. The number of nitrogens with zero attached hydrogens (tertiary/aromatic N) is 1. The lowest BCUT2D eigenvalue weighted by Gasteiger charge is -2.10. The molecular weight excluding hydrogens is 208 g/mol. The van der Waals surface area contributed by atoms with Gasteiger partial charge in [-0.05, 0) is 19.1 Å².